The van der Waals surface area contributed by atoms with E-state index >= 15 is 0 Å². The number of hydrogen-bond donors (Lipinski definition) is 0. The Kier molecular flexibility index (Phi) is 75.0. The number of carbonyl (C=O) groups is 2. The second kappa shape index (κ2) is 76.4. The summed E-state index contributed by atoms with van der Waals surface area (Å²) >= 11 is 0. The second-order valence-electron chi connectivity index (χ2n) is 30.2. The lowest BCUT2D eigenvalue weighted by molar-refractivity contribution is -0.870. The number of quaternary nitrogens is 1. The molecular formula is C85H164NO8P. The zero-order chi connectivity index (χ0) is 69.0. The van der Waals surface area contributed by atoms with Gasteiger partial charge in [0, 0.05) is 12.8 Å². The molecule has 10 heteroatoms. The number of likely N-dealkylation sites (N-methyl/N-ethyl adjacent to an activating group) is 1. The first kappa shape index (κ1) is 93.2. The summed E-state index contributed by atoms with van der Waals surface area (Å²) in [4.78, 5) is 38.2. The van der Waals surface area contributed by atoms with E-state index in [0.717, 1.165) is 44.9 Å². The summed E-state index contributed by atoms with van der Waals surface area (Å²) in [6, 6.07) is 0. The van der Waals surface area contributed by atoms with Crippen LogP contribution in [0.25, 0.3) is 0 Å². The number of phosphoric acid groups is 1. The van der Waals surface area contributed by atoms with Gasteiger partial charge in [-0.05, 0) is 51.4 Å². The van der Waals surface area contributed by atoms with Crippen LogP contribution in [0.15, 0.2) is 36.5 Å². The van der Waals surface area contributed by atoms with E-state index in [1.165, 1.54) is 366 Å². The maximum absolute atomic E-state index is 12.9. The smallest absolute Gasteiger partial charge is 0.306 e. The highest BCUT2D eigenvalue weighted by atomic mass is 31.2. The fourth-order valence-electron chi connectivity index (χ4n) is 13.0. The summed E-state index contributed by atoms with van der Waals surface area (Å²) in [6.07, 6.45) is 100. The van der Waals surface area contributed by atoms with Crippen LogP contribution in [0.5, 0.6) is 0 Å². The number of rotatable bonds is 80. The number of carbonyl (C=O) groups excluding carboxylic acids is 2. The molecule has 0 aliphatic carbocycles. The summed E-state index contributed by atoms with van der Waals surface area (Å²) in [5, 5.41) is 0. The molecule has 0 N–H and O–H groups in total. The van der Waals surface area contributed by atoms with Gasteiger partial charge in [-0.2, -0.15) is 0 Å². The van der Waals surface area contributed by atoms with Crippen molar-refractivity contribution in [1.29, 1.82) is 0 Å². The first-order valence-corrected chi connectivity index (χ1v) is 43.7. The van der Waals surface area contributed by atoms with Gasteiger partial charge in [0.2, 0.25) is 0 Å². The summed E-state index contributed by atoms with van der Waals surface area (Å²) in [5.41, 5.74) is 0. The molecule has 0 aromatic rings. The number of ether oxygens (including phenoxy) is 2. The van der Waals surface area contributed by atoms with Gasteiger partial charge in [-0.1, -0.05) is 416 Å². The van der Waals surface area contributed by atoms with Gasteiger partial charge in [-0.15, -0.1) is 0 Å². The van der Waals surface area contributed by atoms with E-state index in [0.29, 0.717) is 17.4 Å². The van der Waals surface area contributed by atoms with Gasteiger partial charge in [0.25, 0.3) is 7.82 Å². The Hall–Kier alpha value is -1.77. The Bertz CT molecular complexity index is 1690. The molecule has 0 aromatic heterocycles. The Labute approximate surface area is 592 Å². The molecule has 0 aromatic carbocycles. The zero-order valence-electron chi connectivity index (χ0n) is 64.4. The summed E-state index contributed by atoms with van der Waals surface area (Å²) in [7, 11) is 1.19. The SMILES string of the molecule is CCCCCCC/C=C\C/C=C\C/C=C\CCCCCCCCCCCCCCCCCCCCCCCCC(=O)OC(COC(=O)CCCCCCCCCCCCCCCCCCCCCCCCCCCCCCCCCCCC)COP(=O)([O-])OCC[N+](C)(C)C. The number of unbranched alkanes of at least 4 members (excludes halogenated alkanes) is 60. The van der Waals surface area contributed by atoms with Gasteiger partial charge >= 0.3 is 11.9 Å². The number of esters is 2. The van der Waals surface area contributed by atoms with E-state index < -0.39 is 26.5 Å². The average Bonchev–Trinajstić information content (AvgIpc) is 1.80. The molecule has 2 atom stereocenters. The summed E-state index contributed by atoms with van der Waals surface area (Å²) < 4.78 is 34.5. The predicted molar refractivity (Wildman–Crippen MR) is 411 cm³/mol. The number of nitrogens with zero attached hydrogens (tertiary/aromatic N) is 1. The lowest BCUT2D eigenvalue weighted by atomic mass is 10.0. The van der Waals surface area contributed by atoms with Crippen LogP contribution in [0.1, 0.15) is 444 Å². The third-order valence-corrected chi connectivity index (χ3v) is 20.4. The lowest BCUT2D eigenvalue weighted by Gasteiger charge is -2.28. The topological polar surface area (TPSA) is 111 Å². The molecular weight excluding hydrogens is 1190 g/mol. The monoisotopic (exact) mass is 1360 g/mol. The van der Waals surface area contributed by atoms with Crippen molar-refractivity contribution in [3.63, 3.8) is 0 Å². The highest BCUT2D eigenvalue weighted by Gasteiger charge is 2.22. The maximum atomic E-state index is 12.9. The van der Waals surface area contributed by atoms with Gasteiger partial charge in [0.05, 0.1) is 27.7 Å². The zero-order valence-corrected chi connectivity index (χ0v) is 65.3. The van der Waals surface area contributed by atoms with Crippen LogP contribution >= 0.6 is 7.82 Å². The molecule has 0 aliphatic rings. The number of phosphoric ester groups is 1. The standard InChI is InChI=1S/C85H164NO8P/c1-6-8-10-12-14-16-18-20-22-24-26-28-30-32-34-36-38-40-42-43-44-46-48-50-52-54-56-58-60-62-64-66-68-70-72-74-76-78-85(88)94-83(82-93-95(89,90)92-80-79-86(3,4)5)81-91-84(87)77-75-73-71-69-67-65-63-61-59-57-55-53-51-49-47-45-41-39-37-35-33-31-29-27-25-23-21-19-17-15-13-11-9-7-2/h18,20,24,26,30,32,83H,6-17,19,21-23,25,27-29,31,33-82H2,1-5H3/b20-18-,26-24-,32-30-. The quantitative estimate of drug-likeness (QED) is 0.0195. The Balaban J connectivity index is 3.88. The lowest BCUT2D eigenvalue weighted by Crippen LogP contribution is -2.37. The van der Waals surface area contributed by atoms with Gasteiger partial charge in [-0.25, -0.2) is 0 Å². The molecule has 0 heterocycles. The van der Waals surface area contributed by atoms with Crippen molar-refractivity contribution in [2.24, 2.45) is 0 Å². The minimum atomic E-state index is -4.64. The highest BCUT2D eigenvalue weighted by Crippen LogP contribution is 2.38. The van der Waals surface area contributed by atoms with Crippen molar-refractivity contribution in [3.8, 4) is 0 Å². The van der Waals surface area contributed by atoms with E-state index in [9.17, 15) is 19.0 Å². The molecule has 95 heavy (non-hydrogen) atoms. The van der Waals surface area contributed by atoms with Crippen molar-refractivity contribution in [3.05, 3.63) is 36.5 Å². The third-order valence-electron chi connectivity index (χ3n) is 19.4. The third kappa shape index (κ3) is 81.1. The van der Waals surface area contributed by atoms with Gasteiger partial charge in [-0.3, -0.25) is 14.2 Å². The molecule has 0 radical (unpaired) electrons. The predicted octanol–water partition coefficient (Wildman–Crippen LogP) is 27.5. The van der Waals surface area contributed by atoms with Crippen molar-refractivity contribution in [2.45, 2.75) is 450 Å². The highest BCUT2D eigenvalue weighted by molar-refractivity contribution is 7.45. The molecule has 0 saturated carbocycles. The maximum Gasteiger partial charge on any atom is 0.306 e. The number of hydrogen-bond acceptors (Lipinski definition) is 8. The van der Waals surface area contributed by atoms with Crippen LogP contribution in [0.4, 0.5) is 0 Å². The van der Waals surface area contributed by atoms with Crippen LogP contribution in [0, 0.1) is 0 Å². The molecule has 0 saturated heterocycles. The molecule has 2 unspecified atom stereocenters. The summed E-state index contributed by atoms with van der Waals surface area (Å²) in [6.45, 7) is 4.32. The molecule has 0 rings (SSSR count). The van der Waals surface area contributed by atoms with E-state index in [1.807, 2.05) is 21.1 Å². The van der Waals surface area contributed by atoms with E-state index in [4.69, 9.17) is 18.5 Å². The van der Waals surface area contributed by atoms with Crippen LogP contribution in [-0.2, 0) is 32.7 Å². The van der Waals surface area contributed by atoms with Crippen LogP contribution in [-0.4, -0.2) is 70.0 Å². The first-order valence-electron chi connectivity index (χ1n) is 42.2. The second-order valence-corrected chi connectivity index (χ2v) is 31.6. The van der Waals surface area contributed by atoms with E-state index in [2.05, 4.69) is 50.3 Å². The molecule has 0 bridgehead atoms. The fraction of sp³-hybridized carbons (Fsp3) is 0.906. The fourth-order valence-corrected chi connectivity index (χ4v) is 13.7. The molecule has 0 fully saturated rings. The van der Waals surface area contributed by atoms with Crippen LogP contribution in [0.3, 0.4) is 0 Å². The Morgan fingerprint density at radius 1 is 0.326 bits per heavy atom. The number of allylic oxidation sites excluding steroid dienone is 6. The molecule has 0 amide bonds. The van der Waals surface area contributed by atoms with Gasteiger partial charge < -0.3 is 27.9 Å². The van der Waals surface area contributed by atoms with Gasteiger partial charge in [0.1, 0.15) is 19.8 Å². The Morgan fingerprint density at radius 2 is 0.568 bits per heavy atom. The first-order chi connectivity index (χ1) is 46.5. The largest absolute Gasteiger partial charge is 0.756 e. The van der Waals surface area contributed by atoms with Crippen molar-refractivity contribution in [2.75, 3.05) is 47.5 Å². The van der Waals surface area contributed by atoms with Crippen LogP contribution < -0.4 is 4.89 Å². The van der Waals surface area contributed by atoms with E-state index in [-0.39, 0.29) is 32.0 Å². The normalized spacial score (nSPS) is 13.1. The summed E-state index contributed by atoms with van der Waals surface area (Å²) in [5.74, 6) is -0.805. The molecule has 562 valence electrons. The molecule has 9 nitrogen and oxygen atoms in total. The molecule has 0 aliphatic heterocycles. The van der Waals surface area contributed by atoms with Crippen molar-refractivity contribution in [1.82, 2.24) is 0 Å². The molecule has 0 spiro atoms. The van der Waals surface area contributed by atoms with Crippen molar-refractivity contribution >= 4 is 19.8 Å². The Morgan fingerprint density at radius 3 is 0.842 bits per heavy atom. The average molecular weight is 1360 g/mol. The minimum absolute atomic E-state index is 0.0268. The van der Waals surface area contributed by atoms with Crippen LogP contribution in [0.2, 0.25) is 0 Å². The minimum Gasteiger partial charge on any atom is -0.756 e. The van der Waals surface area contributed by atoms with Crippen molar-refractivity contribution < 1.29 is 42.1 Å². The van der Waals surface area contributed by atoms with Gasteiger partial charge in [0.15, 0.2) is 6.10 Å². The van der Waals surface area contributed by atoms with E-state index in [1.54, 1.807) is 0 Å².